The molecule has 1 fully saturated rings. The van der Waals surface area contributed by atoms with E-state index >= 15 is 0 Å². The van der Waals surface area contributed by atoms with E-state index in [0.717, 1.165) is 5.69 Å². The molecule has 1 heterocycles. The third-order valence-corrected chi connectivity index (χ3v) is 2.69. The van der Waals surface area contributed by atoms with Crippen LogP contribution in [0.25, 0.3) is 0 Å². The van der Waals surface area contributed by atoms with E-state index in [1.54, 1.807) is 10.9 Å². The fraction of sp³-hybridized carbons (Fsp3) is 0.500. The lowest BCUT2D eigenvalue weighted by molar-refractivity contribution is -0.138. The largest absolute Gasteiger partial charge is 0.481 e. The third kappa shape index (κ3) is 1.31. The molecule has 70 valence electrons. The minimum Gasteiger partial charge on any atom is -0.481 e. The summed E-state index contributed by atoms with van der Waals surface area (Å²) in [6.07, 6.45) is 2.28. The van der Waals surface area contributed by atoms with E-state index in [0.29, 0.717) is 11.6 Å². The Labute approximate surface area is 80.1 Å². The molecule has 1 aliphatic rings. The van der Waals surface area contributed by atoms with Crippen molar-refractivity contribution < 1.29 is 9.90 Å². The van der Waals surface area contributed by atoms with Crippen LogP contribution < -0.4 is 0 Å². The summed E-state index contributed by atoms with van der Waals surface area (Å²) in [7, 11) is 1.82. The highest BCUT2D eigenvalue weighted by Gasteiger charge is 2.46. The summed E-state index contributed by atoms with van der Waals surface area (Å²) in [5, 5.41) is 9.16. The van der Waals surface area contributed by atoms with Crippen molar-refractivity contribution in [3.63, 3.8) is 0 Å². The SMILES string of the molecule is Cn1cnc(Cl)c1[C@@H]1C[C@H]1C(=O)O. The number of rotatable bonds is 2. The minimum atomic E-state index is -0.748. The van der Waals surface area contributed by atoms with Crippen molar-refractivity contribution in [1.82, 2.24) is 9.55 Å². The molecular formula is C8H9ClN2O2. The average Bonchev–Trinajstić information content (AvgIpc) is 2.76. The van der Waals surface area contributed by atoms with Crippen molar-refractivity contribution in [3.05, 3.63) is 17.2 Å². The highest BCUT2D eigenvalue weighted by molar-refractivity contribution is 6.30. The second-order valence-electron chi connectivity index (χ2n) is 3.32. The maximum atomic E-state index is 10.6. The number of aromatic nitrogens is 2. The van der Waals surface area contributed by atoms with E-state index in [1.807, 2.05) is 7.05 Å². The van der Waals surface area contributed by atoms with Crippen molar-refractivity contribution in [2.45, 2.75) is 12.3 Å². The second-order valence-corrected chi connectivity index (χ2v) is 3.68. The highest BCUT2D eigenvalue weighted by atomic mass is 35.5. The number of hydrogen-bond donors (Lipinski definition) is 1. The zero-order chi connectivity index (χ0) is 9.59. The average molecular weight is 201 g/mol. The highest BCUT2D eigenvalue weighted by Crippen LogP contribution is 2.49. The van der Waals surface area contributed by atoms with Gasteiger partial charge >= 0.3 is 5.97 Å². The molecule has 0 saturated heterocycles. The molecule has 13 heavy (non-hydrogen) atoms. The van der Waals surface area contributed by atoms with E-state index in [1.165, 1.54) is 0 Å². The van der Waals surface area contributed by atoms with Crippen LogP contribution in [0.5, 0.6) is 0 Å². The number of carboxylic acids is 1. The molecule has 1 N–H and O–H groups in total. The van der Waals surface area contributed by atoms with Gasteiger partial charge in [-0.3, -0.25) is 4.79 Å². The molecule has 0 radical (unpaired) electrons. The molecule has 0 aliphatic heterocycles. The standard InChI is InChI=1S/C8H9ClN2O2/c1-11-3-10-7(9)6(11)4-2-5(4)8(12)13/h3-5H,2H2,1H3,(H,12,13)/t4-,5-/m1/s1. The summed E-state index contributed by atoms with van der Waals surface area (Å²) < 4.78 is 1.79. The van der Waals surface area contributed by atoms with Crippen molar-refractivity contribution in [2.75, 3.05) is 0 Å². The maximum absolute atomic E-state index is 10.6. The first-order valence-corrected chi connectivity index (χ1v) is 4.38. The Bertz CT molecular complexity index is 342. The Morgan fingerprint density at radius 3 is 2.92 bits per heavy atom. The van der Waals surface area contributed by atoms with Crippen molar-refractivity contribution >= 4 is 17.6 Å². The van der Waals surface area contributed by atoms with Gasteiger partial charge in [0.15, 0.2) is 5.15 Å². The minimum absolute atomic E-state index is 0.0532. The number of carbonyl (C=O) groups is 1. The molecule has 2 rings (SSSR count). The van der Waals surface area contributed by atoms with Crippen LogP contribution in [-0.2, 0) is 11.8 Å². The summed E-state index contributed by atoms with van der Waals surface area (Å²) in [6.45, 7) is 0. The Morgan fingerprint density at radius 2 is 2.54 bits per heavy atom. The van der Waals surface area contributed by atoms with E-state index in [-0.39, 0.29) is 11.8 Å². The van der Waals surface area contributed by atoms with Crippen LogP contribution in [-0.4, -0.2) is 20.6 Å². The topological polar surface area (TPSA) is 55.1 Å². The van der Waals surface area contributed by atoms with Gasteiger partial charge in [-0.15, -0.1) is 0 Å². The Balaban J connectivity index is 2.24. The summed E-state index contributed by atoms with van der Waals surface area (Å²) in [5.74, 6) is -0.965. The Morgan fingerprint density at radius 1 is 1.85 bits per heavy atom. The van der Waals surface area contributed by atoms with Crippen LogP contribution in [0, 0.1) is 5.92 Å². The van der Waals surface area contributed by atoms with Gasteiger partial charge in [-0.05, 0) is 6.42 Å². The van der Waals surface area contributed by atoms with Gasteiger partial charge in [-0.25, -0.2) is 4.98 Å². The fourth-order valence-corrected chi connectivity index (χ4v) is 1.91. The van der Waals surface area contributed by atoms with E-state index in [4.69, 9.17) is 16.7 Å². The Kier molecular flexibility index (Phi) is 1.80. The zero-order valence-corrected chi connectivity index (χ0v) is 7.82. The number of halogens is 1. The molecular weight excluding hydrogens is 192 g/mol. The molecule has 1 saturated carbocycles. The fourth-order valence-electron chi connectivity index (χ4n) is 1.60. The van der Waals surface area contributed by atoms with Crippen molar-refractivity contribution in [2.24, 2.45) is 13.0 Å². The number of aryl methyl sites for hydroxylation is 1. The predicted octanol–water partition coefficient (Wildman–Crippen LogP) is 1.26. The van der Waals surface area contributed by atoms with Gasteiger partial charge in [0.1, 0.15) is 0 Å². The lowest BCUT2D eigenvalue weighted by Crippen LogP contribution is -2.01. The first kappa shape index (κ1) is 8.56. The molecule has 0 bridgehead atoms. The molecule has 1 aromatic heterocycles. The molecule has 0 amide bonds. The number of imidazole rings is 1. The summed E-state index contributed by atoms with van der Waals surface area (Å²) >= 11 is 5.83. The smallest absolute Gasteiger partial charge is 0.307 e. The van der Waals surface area contributed by atoms with Gasteiger partial charge in [0.2, 0.25) is 0 Å². The van der Waals surface area contributed by atoms with Gasteiger partial charge in [0.05, 0.1) is 17.9 Å². The zero-order valence-electron chi connectivity index (χ0n) is 7.07. The summed E-state index contributed by atoms with van der Waals surface area (Å²) in [5.41, 5.74) is 0.842. The third-order valence-electron chi connectivity index (χ3n) is 2.39. The first-order chi connectivity index (χ1) is 6.11. The Hall–Kier alpha value is -1.03. The van der Waals surface area contributed by atoms with Crippen LogP contribution in [0.4, 0.5) is 0 Å². The molecule has 0 aromatic carbocycles. The predicted molar refractivity (Wildman–Crippen MR) is 46.7 cm³/mol. The molecule has 4 nitrogen and oxygen atoms in total. The van der Waals surface area contributed by atoms with Crippen LogP contribution in [0.15, 0.2) is 6.33 Å². The summed E-state index contributed by atoms with van der Waals surface area (Å²) in [6, 6.07) is 0. The monoisotopic (exact) mass is 200 g/mol. The maximum Gasteiger partial charge on any atom is 0.307 e. The van der Waals surface area contributed by atoms with Gasteiger partial charge in [0, 0.05) is 13.0 Å². The molecule has 1 aromatic rings. The van der Waals surface area contributed by atoms with Crippen LogP contribution in [0.2, 0.25) is 5.15 Å². The van der Waals surface area contributed by atoms with Crippen molar-refractivity contribution in [1.29, 1.82) is 0 Å². The number of aliphatic carboxylic acids is 1. The second kappa shape index (κ2) is 2.73. The normalized spacial score (nSPS) is 26.0. The quantitative estimate of drug-likeness (QED) is 0.782. The van der Waals surface area contributed by atoms with Crippen LogP contribution >= 0.6 is 11.6 Å². The van der Waals surface area contributed by atoms with E-state index in [9.17, 15) is 4.79 Å². The van der Waals surface area contributed by atoms with Gasteiger partial charge in [-0.2, -0.15) is 0 Å². The van der Waals surface area contributed by atoms with Gasteiger partial charge in [0.25, 0.3) is 0 Å². The number of hydrogen-bond acceptors (Lipinski definition) is 2. The molecule has 0 unspecified atom stereocenters. The molecule has 5 heteroatoms. The van der Waals surface area contributed by atoms with Crippen molar-refractivity contribution in [3.8, 4) is 0 Å². The van der Waals surface area contributed by atoms with Crippen LogP contribution in [0.3, 0.4) is 0 Å². The lowest BCUT2D eigenvalue weighted by atomic mass is 10.2. The van der Waals surface area contributed by atoms with E-state index in [2.05, 4.69) is 4.98 Å². The summed E-state index contributed by atoms with van der Waals surface area (Å²) in [4.78, 5) is 14.5. The van der Waals surface area contributed by atoms with E-state index < -0.39 is 5.97 Å². The number of nitrogens with zero attached hydrogens (tertiary/aromatic N) is 2. The van der Waals surface area contributed by atoms with Gasteiger partial charge in [-0.1, -0.05) is 11.6 Å². The van der Waals surface area contributed by atoms with Gasteiger partial charge < -0.3 is 9.67 Å². The molecule has 0 spiro atoms. The lowest BCUT2D eigenvalue weighted by Gasteiger charge is -1.99. The molecule has 1 aliphatic carbocycles. The van der Waals surface area contributed by atoms with Crippen LogP contribution in [0.1, 0.15) is 18.0 Å². The number of carboxylic acid groups (broad SMARTS) is 1. The first-order valence-electron chi connectivity index (χ1n) is 4.00. The molecule has 2 atom stereocenters.